The molecule has 1 aromatic carbocycles. The smallest absolute Gasteiger partial charge is 0.169 e. The SMILES string of the molecule is CC(Cl)c1nnnn1Cc1ccccc1. The first-order chi connectivity index (χ1) is 7.27. The lowest BCUT2D eigenvalue weighted by atomic mass is 10.2. The lowest BCUT2D eigenvalue weighted by molar-refractivity contribution is 0.618. The Morgan fingerprint density at radius 1 is 1.33 bits per heavy atom. The van der Waals surface area contributed by atoms with Gasteiger partial charge in [-0.3, -0.25) is 0 Å². The van der Waals surface area contributed by atoms with Crippen molar-refractivity contribution in [2.75, 3.05) is 0 Å². The fraction of sp³-hybridized carbons (Fsp3) is 0.300. The fourth-order valence-corrected chi connectivity index (χ4v) is 1.52. The van der Waals surface area contributed by atoms with Crippen molar-refractivity contribution in [1.29, 1.82) is 0 Å². The van der Waals surface area contributed by atoms with Gasteiger partial charge in [-0.15, -0.1) is 16.7 Å². The van der Waals surface area contributed by atoms with Crippen molar-refractivity contribution in [3.63, 3.8) is 0 Å². The quantitative estimate of drug-likeness (QED) is 0.747. The van der Waals surface area contributed by atoms with Crippen LogP contribution in [0.25, 0.3) is 0 Å². The van der Waals surface area contributed by atoms with Crippen molar-refractivity contribution < 1.29 is 0 Å². The van der Waals surface area contributed by atoms with Crippen LogP contribution in [-0.2, 0) is 6.54 Å². The van der Waals surface area contributed by atoms with Gasteiger partial charge in [-0.25, -0.2) is 4.68 Å². The fourth-order valence-electron chi connectivity index (χ4n) is 1.37. The van der Waals surface area contributed by atoms with Crippen molar-refractivity contribution >= 4 is 11.6 Å². The van der Waals surface area contributed by atoms with E-state index in [1.54, 1.807) is 4.68 Å². The number of hydrogen-bond donors (Lipinski definition) is 0. The van der Waals surface area contributed by atoms with E-state index in [0.29, 0.717) is 12.4 Å². The summed E-state index contributed by atoms with van der Waals surface area (Å²) < 4.78 is 1.72. The molecule has 0 fully saturated rings. The first-order valence-electron chi connectivity index (χ1n) is 4.71. The van der Waals surface area contributed by atoms with Crippen molar-refractivity contribution in [3.05, 3.63) is 41.7 Å². The number of alkyl halides is 1. The molecule has 2 rings (SSSR count). The zero-order chi connectivity index (χ0) is 10.7. The van der Waals surface area contributed by atoms with Crippen LogP contribution < -0.4 is 0 Å². The average molecular weight is 223 g/mol. The van der Waals surface area contributed by atoms with Crippen molar-refractivity contribution in [2.45, 2.75) is 18.8 Å². The maximum Gasteiger partial charge on any atom is 0.169 e. The monoisotopic (exact) mass is 222 g/mol. The topological polar surface area (TPSA) is 43.6 Å². The van der Waals surface area contributed by atoms with Crippen LogP contribution in [0.5, 0.6) is 0 Å². The molecule has 1 heterocycles. The molecule has 0 saturated heterocycles. The van der Waals surface area contributed by atoms with Gasteiger partial charge < -0.3 is 0 Å². The van der Waals surface area contributed by atoms with E-state index < -0.39 is 0 Å². The Labute approximate surface area is 92.9 Å². The molecule has 2 aromatic rings. The van der Waals surface area contributed by atoms with Gasteiger partial charge in [-0.1, -0.05) is 30.3 Å². The normalized spacial score (nSPS) is 12.7. The highest BCUT2D eigenvalue weighted by Gasteiger charge is 2.11. The number of aromatic nitrogens is 4. The third-order valence-corrected chi connectivity index (χ3v) is 2.29. The van der Waals surface area contributed by atoms with E-state index in [0.717, 1.165) is 5.56 Å². The summed E-state index contributed by atoms with van der Waals surface area (Å²) in [6.45, 7) is 2.51. The van der Waals surface area contributed by atoms with Gasteiger partial charge in [-0.2, -0.15) is 0 Å². The summed E-state index contributed by atoms with van der Waals surface area (Å²) in [7, 11) is 0. The Hall–Kier alpha value is -1.42. The molecule has 1 aromatic heterocycles. The van der Waals surface area contributed by atoms with Gasteiger partial charge in [-0.05, 0) is 22.9 Å². The van der Waals surface area contributed by atoms with Crippen LogP contribution in [0.2, 0.25) is 0 Å². The number of halogens is 1. The average Bonchev–Trinajstić information content (AvgIpc) is 2.67. The van der Waals surface area contributed by atoms with Crippen LogP contribution in [0.3, 0.4) is 0 Å². The van der Waals surface area contributed by atoms with Crippen LogP contribution in [0, 0.1) is 0 Å². The van der Waals surface area contributed by atoms with E-state index in [2.05, 4.69) is 15.5 Å². The second kappa shape index (κ2) is 4.40. The maximum absolute atomic E-state index is 5.95. The molecule has 0 aliphatic heterocycles. The molecule has 0 N–H and O–H groups in total. The Kier molecular flexibility index (Phi) is 2.97. The summed E-state index contributed by atoms with van der Waals surface area (Å²) in [5.74, 6) is 0.695. The minimum atomic E-state index is -0.177. The Balaban J connectivity index is 2.21. The van der Waals surface area contributed by atoms with Gasteiger partial charge in [0.05, 0.1) is 11.9 Å². The van der Waals surface area contributed by atoms with E-state index in [-0.39, 0.29) is 5.38 Å². The summed E-state index contributed by atoms with van der Waals surface area (Å²) >= 11 is 5.95. The molecule has 1 unspecified atom stereocenters. The Bertz CT molecular complexity index is 424. The lowest BCUT2D eigenvalue weighted by Gasteiger charge is -2.05. The molecular weight excluding hydrogens is 212 g/mol. The molecule has 5 heteroatoms. The van der Waals surface area contributed by atoms with Crippen molar-refractivity contribution in [3.8, 4) is 0 Å². The first-order valence-corrected chi connectivity index (χ1v) is 5.15. The third-order valence-electron chi connectivity index (χ3n) is 2.09. The zero-order valence-electron chi connectivity index (χ0n) is 8.34. The van der Waals surface area contributed by atoms with Crippen LogP contribution in [-0.4, -0.2) is 20.2 Å². The summed E-state index contributed by atoms with van der Waals surface area (Å²) in [6.07, 6.45) is 0. The largest absolute Gasteiger partial charge is 0.224 e. The Morgan fingerprint density at radius 2 is 2.07 bits per heavy atom. The number of tetrazole rings is 1. The molecule has 1 atom stereocenters. The van der Waals surface area contributed by atoms with Crippen LogP contribution >= 0.6 is 11.6 Å². The highest BCUT2D eigenvalue weighted by molar-refractivity contribution is 6.20. The van der Waals surface area contributed by atoms with Gasteiger partial charge in [0.25, 0.3) is 0 Å². The summed E-state index contributed by atoms with van der Waals surface area (Å²) in [4.78, 5) is 0. The van der Waals surface area contributed by atoms with Crippen molar-refractivity contribution in [2.24, 2.45) is 0 Å². The molecule has 0 saturated carbocycles. The highest BCUT2D eigenvalue weighted by atomic mass is 35.5. The highest BCUT2D eigenvalue weighted by Crippen LogP contribution is 2.16. The molecule has 0 aliphatic carbocycles. The van der Waals surface area contributed by atoms with Gasteiger partial charge in [0, 0.05) is 0 Å². The predicted octanol–water partition coefficient (Wildman–Crippen LogP) is 2.02. The summed E-state index contributed by atoms with van der Waals surface area (Å²) in [5, 5.41) is 11.2. The molecule has 0 radical (unpaired) electrons. The maximum atomic E-state index is 5.95. The second-order valence-corrected chi connectivity index (χ2v) is 3.95. The van der Waals surface area contributed by atoms with E-state index in [4.69, 9.17) is 11.6 Å². The van der Waals surface area contributed by atoms with E-state index >= 15 is 0 Å². The predicted molar refractivity (Wildman–Crippen MR) is 57.6 cm³/mol. The number of nitrogens with zero attached hydrogens (tertiary/aromatic N) is 4. The Morgan fingerprint density at radius 3 is 2.73 bits per heavy atom. The molecular formula is C10H11ClN4. The molecule has 78 valence electrons. The summed E-state index contributed by atoms with van der Waals surface area (Å²) in [5.41, 5.74) is 1.16. The van der Waals surface area contributed by atoms with Crippen LogP contribution in [0.4, 0.5) is 0 Å². The van der Waals surface area contributed by atoms with E-state index in [9.17, 15) is 0 Å². The van der Waals surface area contributed by atoms with Crippen LogP contribution in [0.15, 0.2) is 30.3 Å². The lowest BCUT2D eigenvalue weighted by Crippen LogP contribution is -2.07. The van der Waals surface area contributed by atoms with Crippen molar-refractivity contribution in [1.82, 2.24) is 20.2 Å². The van der Waals surface area contributed by atoms with Gasteiger partial charge in [0.2, 0.25) is 0 Å². The van der Waals surface area contributed by atoms with Crippen LogP contribution in [0.1, 0.15) is 23.7 Å². The van der Waals surface area contributed by atoms with E-state index in [1.165, 1.54) is 0 Å². The van der Waals surface area contributed by atoms with Gasteiger partial charge >= 0.3 is 0 Å². The summed E-state index contributed by atoms with van der Waals surface area (Å²) in [6, 6.07) is 10.0. The van der Waals surface area contributed by atoms with E-state index in [1.807, 2.05) is 37.3 Å². The molecule has 15 heavy (non-hydrogen) atoms. The molecule has 4 nitrogen and oxygen atoms in total. The molecule has 0 spiro atoms. The first kappa shape index (κ1) is 10.1. The number of rotatable bonds is 3. The van der Waals surface area contributed by atoms with Gasteiger partial charge in [0.1, 0.15) is 0 Å². The third kappa shape index (κ3) is 2.33. The molecule has 0 amide bonds. The second-order valence-electron chi connectivity index (χ2n) is 3.30. The minimum absolute atomic E-state index is 0.177. The number of benzene rings is 1. The molecule has 0 bridgehead atoms. The minimum Gasteiger partial charge on any atom is -0.224 e. The number of hydrogen-bond acceptors (Lipinski definition) is 3. The van der Waals surface area contributed by atoms with Gasteiger partial charge in [0.15, 0.2) is 5.82 Å². The molecule has 0 aliphatic rings. The zero-order valence-corrected chi connectivity index (χ0v) is 9.09. The standard InChI is InChI=1S/C10H11ClN4/c1-8(11)10-12-13-14-15(10)7-9-5-3-2-4-6-9/h2-6,8H,7H2,1H3.